The van der Waals surface area contributed by atoms with Gasteiger partial charge in [-0.05, 0) is 86.0 Å². The van der Waals surface area contributed by atoms with E-state index < -0.39 is 107 Å². The van der Waals surface area contributed by atoms with E-state index in [2.05, 4.69) is 63.1 Å². The molecule has 0 spiro atoms. The lowest BCUT2D eigenvalue weighted by Crippen LogP contribution is -2.62. The van der Waals surface area contributed by atoms with Gasteiger partial charge < -0.3 is 91.2 Å². The molecule has 2 aromatic heterocycles. The van der Waals surface area contributed by atoms with Gasteiger partial charge in [-0.1, -0.05) is 84.4 Å². The number of nitrogens with one attached hydrogen (secondary N) is 15. The number of aliphatic carboxylic acids is 1. The van der Waals surface area contributed by atoms with Gasteiger partial charge in [0.05, 0.1) is 6.04 Å². The van der Waals surface area contributed by atoms with Crippen molar-refractivity contribution in [3.63, 3.8) is 0 Å². The predicted octanol–water partition coefficient (Wildman–Crippen LogP) is -0.222. The Labute approximate surface area is 494 Å². The number of H-pyrrole nitrogens is 2. The zero-order valence-electron chi connectivity index (χ0n) is 49.3. The average Bonchev–Trinajstić information content (AvgIpc) is 3.68. The Morgan fingerprint density at radius 3 is 1.27 bits per heavy atom. The van der Waals surface area contributed by atoms with Crippen LogP contribution in [0.3, 0.4) is 0 Å². The summed E-state index contributed by atoms with van der Waals surface area (Å²) in [5, 5.41) is 61.3. The maximum Gasteiger partial charge on any atom is 0.326 e. The summed E-state index contributed by atoms with van der Waals surface area (Å²) in [6.45, 7) is 11.2. The molecule has 4 aromatic rings. The molecule has 0 saturated carbocycles. The maximum atomic E-state index is 15.0. The van der Waals surface area contributed by atoms with E-state index in [4.69, 9.17) is 39.2 Å². The van der Waals surface area contributed by atoms with Crippen LogP contribution in [-0.2, 0) is 51.2 Å². The van der Waals surface area contributed by atoms with E-state index in [1.54, 1.807) is 39.2 Å². The minimum Gasteiger partial charge on any atom is -0.480 e. The highest BCUT2D eigenvalue weighted by molar-refractivity contribution is 5.99. The molecule has 0 unspecified atom stereocenters. The molecule has 24 N–H and O–H groups in total. The fraction of sp³-hybridized carbons (Fsp3) is 0.526. The van der Waals surface area contributed by atoms with Crippen LogP contribution in [0.2, 0.25) is 0 Å². The first kappa shape index (κ1) is 68.5. The van der Waals surface area contributed by atoms with E-state index in [9.17, 15) is 43.5 Å². The Bertz CT molecular complexity index is 2940. The predicted molar refractivity (Wildman–Crippen MR) is 324 cm³/mol. The molecule has 28 heteroatoms. The van der Waals surface area contributed by atoms with Crippen molar-refractivity contribution >= 4 is 87.0 Å². The summed E-state index contributed by atoms with van der Waals surface area (Å²) in [6.07, 6.45) is 4.18. The zero-order chi connectivity index (χ0) is 62.9. The zero-order valence-corrected chi connectivity index (χ0v) is 49.3. The van der Waals surface area contributed by atoms with E-state index in [0.29, 0.717) is 24.0 Å². The number of aromatic nitrogens is 2. The number of carbonyl (C=O) groups is 8. The van der Waals surface area contributed by atoms with Crippen molar-refractivity contribution in [1.29, 1.82) is 16.2 Å². The Morgan fingerprint density at radius 1 is 0.506 bits per heavy atom. The molecule has 0 aliphatic rings. The molecule has 2 aromatic carbocycles. The number of para-hydroxylation sites is 2. The van der Waals surface area contributed by atoms with Crippen molar-refractivity contribution < 1.29 is 43.5 Å². The number of aromatic amines is 2. The lowest BCUT2D eigenvalue weighted by Gasteiger charge is -2.30. The van der Waals surface area contributed by atoms with Gasteiger partial charge in [-0.15, -0.1) is 0 Å². The first-order chi connectivity index (χ1) is 40.3. The normalized spacial score (nSPS) is 14.5. The maximum absolute atomic E-state index is 15.0. The molecular weight excluding hydrogens is 1090 g/mol. The van der Waals surface area contributed by atoms with Crippen molar-refractivity contribution in [3.8, 4) is 0 Å². The number of guanidine groups is 3. The van der Waals surface area contributed by atoms with Crippen LogP contribution in [-0.4, -0.2) is 148 Å². The highest BCUT2D eigenvalue weighted by Crippen LogP contribution is 2.22. The van der Waals surface area contributed by atoms with E-state index in [0.717, 1.165) is 21.8 Å². The fourth-order valence-corrected chi connectivity index (χ4v) is 9.55. The van der Waals surface area contributed by atoms with Gasteiger partial charge in [-0.3, -0.25) is 49.8 Å². The number of carbonyl (C=O) groups excluding carboxylic acids is 7. The summed E-state index contributed by atoms with van der Waals surface area (Å²) in [4.78, 5) is 120. The highest BCUT2D eigenvalue weighted by atomic mass is 16.4. The standard InChI is InChI=1S/C57H89N19O9/c1-7-32(6)46(76-51(81)44(27-34-29-69-39-18-11-9-16-36(34)39)73-52(82)45(31(4)5)75-47(77)37(58)25-30(2)3)53(83)74-43(26-33-28-68-38-17-10-8-15-35(33)38)50(80)71-40(19-12-22-65-55(59)60)48(78)70-41(20-13-23-66-56(61)62)49(79)72-42(54(84)85)21-14-24-67-57(63)64/h8-11,15-18,28-32,37,40-46,68-69H,7,12-14,19-27,58H2,1-6H3,(H,70,78)(H,71,80)(H,72,79)(H,73,82)(H,74,83)(H,75,77)(H,76,81)(H,84,85)(H4,59,60,65)(H4,61,62,66)(H4,63,64,67)/t32-,37-,40-,41-,42-,43-,44-,45-,46-/m0/s1. The molecule has 466 valence electrons. The van der Waals surface area contributed by atoms with Crippen LogP contribution >= 0.6 is 0 Å². The second-order valence-electron chi connectivity index (χ2n) is 22.1. The van der Waals surface area contributed by atoms with Crippen molar-refractivity contribution in [2.24, 2.45) is 40.7 Å². The van der Waals surface area contributed by atoms with E-state index in [-0.39, 0.29) is 94.8 Å². The third-order valence-corrected chi connectivity index (χ3v) is 14.4. The third kappa shape index (κ3) is 22.3. The highest BCUT2D eigenvalue weighted by Gasteiger charge is 2.37. The number of carboxylic acids is 1. The van der Waals surface area contributed by atoms with Gasteiger partial charge in [0.25, 0.3) is 0 Å². The quantitative estimate of drug-likeness (QED) is 0.0159. The van der Waals surface area contributed by atoms with Crippen molar-refractivity contribution in [3.05, 3.63) is 72.1 Å². The number of hydrogen-bond donors (Lipinski definition) is 20. The SMILES string of the molecule is CC[C@H](C)[C@H](NC(=O)[C@H](Cc1c[nH]c2ccccc12)NC(=O)[C@@H](NC(=O)[C@@H](N)CC(C)C)C(C)C)C(=O)N[C@@H](Cc1c[nH]c2ccccc12)C(=O)N[C@@H](CCCNC(=N)N)C(=O)N[C@@H](CCCNC(=N)N)C(=O)N[C@@H](CCCNC(=N)N)C(=O)O. The van der Waals surface area contributed by atoms with Crippen LogP contribution in [0.15, 0.2) is 60.9 Å². The number of amides is 7. The fourth-order valence-electron chi connectivity index (χ4n) is 9.55. The molecule has 85 heavy (non-hydrogen) atoms. The molecule has 9 atom stereocenters. The second-order valence-corrected chi connectivity index (χ2v) is 22.1. The number of fused-ring (bicyclic) bond motifs is 2. The van der Waals surface area contributed by atoms with Crippen molar-refractivity contribution in [2.75, 3.05) is 19.6 Å². The van der Waals surface area contributed by atoms with Gasteiger partial charge in [0, 0.05) is 66.7 Å². The van der Waals surface area contributed by atoms with Crippen LogP contribution in [0.5, 0.6) is 0 Å². The molecule has 28 nitrogen and oxygen atoms in total. The molecule has 0 aliphatic heterocycles. The van der Waals surface area contributed by atoms with Crippen LogP contribution in [0.25, 0.3) is 21.8 Å². The first-order valence-corrected chi connectivity index (χ1v) is 28.7. The molecule has 4 rings (SSSR count). The number of benzene rings is 2. The number of rotatable bonds is 36. The minimum atomic E-state index is -1.44. The third-order valence-electron chi connectivity index (χ3n) is 14.4. The molecular formula is C57H89N19O9. The summed E-state index contributed by atoms with van der Waals surface area (Å²) in [7, 11) is 0. The first-order valence-electron chi connectivity index (χ1n) is 28.7. The largest absolute Gasteiger partial charge is 0.480 e. The summed E-state index contributed by atoms with van der Waals surface area (Å²) in [5.74, 6) is -8.59. The topological polar surface area (TPSA) is 484 Å². The number of hydrogen-bond acceptors (Lipinski definition) is 12. The molecule has 0 saturated heterocycles. The van der Waals surface area contributed by atoms with Crippen molar-refractivity contribution in [2.45, 2.75) is 154 Å². The monoisotopic (exact) mass is 1180 g/mol. The Kier molecular flexibility index (Phi) is 27.4. The van der Waals surface area contributed by atoms with Gasteiger partial charge in [0.1, 0.15) is 42.3 Å². The minimum absolute atomic E-state index is 0.0447. The van der Waals surface area contributed by atoms with Crippen LogP contribution in [0, 0.1) is 34.0 Å². The van der Waals surface area contributed by atoms with E-state index >= 15 is 0 Å². The van der Waals surface area contributed by atoms with E-state index in [1.165, 1.54) is 0 Å². The number of nitrogens with two attached hydrogens (primary N) is 4. The summed E-state index contributed by atoms with van der Waals surface area (Å²) in [5.41, 5.74) is 25.4. The van der Waals surface area contributed by atoms with Gasteiger partial charge in [0.15, 0.2) is 17.9 Å². The summed E-state index contributed by atoms with van der Waals surface area (Å²) in [6, 6.07) is 4.39. The average molecular weight is 1180 g/mol. The molecule has 7 amide bonds. The summed E-state index contributed by atoms with van der Waals surface area (Å²) < 4.78 is 0. The van der Waals surface area contributed by atoms with Crippen LogP contribution in [0.4, 0.5) is 0 Å². The lowest BCUT2D eigenvalue weighted by atomic mass is 9.95. The Morgan fingerprint density at radius 2 is 0.871 bits per heavy atom. The van der Waals surface area contributed by atoms with Gasteiger partial charge in [-0.2, -0.15) is 0 Å². The van der Waals surface area contributed by atoms with Crippen LogP contribution < -0.4 is 76.1 Å². The van der Waals surface area contributed by atoms with Crippen molar-refractivity contribution in [1.82, 2.24) is 63.1 Å². The lowest BCUT2D eigenvalue weighted by molar-refractivity contribution is -0.142. The Hall–Kier alpha value is -8.95. The van der Waals surface area contributed by atoms with E-state index in [1.807, 2.05) is 63.2 Å². The molecule has 0 fully saturated rings. The number of carboxylic acid groups (broad SMARTS) is 1. The molecule has 0 aliphatic carbocycles. The van der Waals surface area contributed by atoms with Gasteiger partial charge in [0.2, 0.25) is 41.4 Å². The van der Waals surface area contributed by atoms with Gasteiger partial charge in [-0.25, -0.2) is 4.79 Å². The summed E-state index contributed by atoms with van der Waals surface area (Å²) >= 11 is 0. The molecule has 0 bridgehead atoms. The van der Waals surface area contributed by atoms with Crippen LogP contribution in [0.1, 0.15) is 104 Å². The smallest absolute Gasteiger partial charge is 0.326 e. The molecule has 0 radical (unpaired) electrons. The van der Waals surface area contributed by atoms with Gasteiger partial charge >= 0.3 is 5.97 Å². The molecule has 2 heterocycles. The Balaban J connectivity index is 1.71. The second kappa shape index (κ2) is 34.0.